The van der Waals surface area contributed by atoms with Crippen LogP contribution in [0.3, 0.4) is 0 Å². The summed E-state index contributed by atoms with van der Waals surface area (Å²) >= 11 is 0. The van der Waals surface area contributed by atoms with Crippen LogP contribution in [0.2, 0.25) is 0 Å². The summed E-state index contributed by atoms with van der Waals surface area (Å²) in [5.74, 6) is -1.22. The Kier molecular flexibility index (Phi) is 3.83. The molecule has 112 valence electrons. The molecule has 22 heavy (non-hydrogen) atoms. The van der Waals surface area contributed by atoms with Crippen molar-refractivity contribution in [2.45, 2.75) is 26.2 Å². The maximum absolute atomic E-state index is 12.0. The van der Waals surface area contributed by atoms with Crippen LogP contribution in [0.4, 0.5) is 0 Å². The number of carboxylic acid groups (broad SMARTS) is 1. The number of nitrogens with one attached hydrogen (secondary N) is 1. The van der Waals surface area contributed by atoms with Crippen LogP contribution in [0.25, 0.3) is 11.3 Å². The Hall–Kier alpha value is -2.94. The van der Waals surface area contributed by atoms with Crippen molar-refractivity contribution in [1.29, 1.82) is 5.26 Å². The van der Waals surface area contributed by atoms with Gasteiger partial charge in [0.2, 0.25) is 0 Å². The molecular formula is C16H15N3O3. The molecule has 0 saturated carbocycles. The molecule has 6 heteroatoms. The number of nitriles is 1. The van der Waals surface area contributed by atoms with Crippen LogP contribution in [0.1, 0.15) is 42.4 Å². The third-order valence-electron chi connectivity index (χ3n) is 3.20. The molecule has 6 nitrogen and oxygen atoms in total. The minimum atomic E-state index is -1.22. The normalized spacial score (nSPS) is 11.0. The molecule has 0 aromatic carbocycles. The molecule has 0 aliphatic carbocycles. The zero-order chi connectivity index (χ0) is 16.5. The molecule has 0 saturated heterocycles. The lowest BCUT2D eigenvalue weighted by Gasteiger charge is -2.20. The quantitative estimate of drug-likeness (QED) is 0.884. The van der Waals surface area contributed by atoms with Gasteiger partial charge >= 0.3 is 5.97 Å². The topological polar surface area (TPSA) is 107 Å². The molecule has 0 aliphatic rings. The van der Waals surface area contributed by atoms with E-state index >= 15 is 0 Å². The van der Waals surface area contributed by atoms with E-state index in [-0.39, 0.29) is 22.4 Å². The number of hydrogen-bond acceptors (Lipinski definition) is 4. The Labute approximate surface area is 127 Å². The molecule has 2 aromatic rings. The maximum atomic E-state index is 12.0. The van der Waals surface area contributed by atoms with E-state index in [2.05, 4.69) is 9.97 Å². The smallest absolute Gasteiger partial charge is 0.337 e. The van der Waals surface area contributed by atoms with Gasteiger partial charge in [-0.25, -0.2) is 4.79 Å². The lowest BCUT2D eigenvalue weighted by molar-refractivity contribution is 0.0696. The molecule has 2 N–H and O–H groups in total. The van der Waals surface area contributed by atoms with Gasteiger partial charge in [0, 0.05) is 17.3 Å². The minimum absolute atomic E-state index is 0.0918. The summed E-state index contributed by atoms with van der Waals surface area (Å²) in [6, 6.07) is 6.36. The molecule has 0 bridgehead atoms. The first-order valence-corrected chi connectivity index (χ1v) is 6.62. The molecule has 2 heterocycles. The zero-order valence-electron chi connectivity index (χ0n) is 12.5. The maximum Gasteiger partial charge on any atom is 0.337 e. The number of pyridine rings is 2. The number of aromatic nitrogens is 2. The van der Waals surface area contributed by atoms with E-state index in [0.29, 0.717) is 5.69 Å². The van der Waals surface area contributed by atoms with Crippen LogP contribution in [0.15, 0.2) is 29.2 Å². The van der Waals surface area contributed by atoms with E-state index in [1.54, 1.807) is 6.07 Å². The summed E-state index contributed by atoms with van der Waals surface area (Å²) in [6.45, 7) is 5.64. The van der Waals surface area contributed by atoms with E-state index in [1.807, 2.05) is 26.8 Å². The Morgan fingerprint density at radius 2 is 2.09 bits per heavy atom. The molecule has 0 unspecified atom stereocenters. The molecule has 0 radical (unpaired) electrons. The molecule has 2 aromatic heterocycles. The lowest BCUT2D eigenvalue weighted by Crippen LogP contribution is -2.19. The molecule has 0 fully saturated rings. The van der Waals surface area contributed by atoms with Gasteiger partial charge in [0.15, 0.2) is 0 Å². The highest BCUT2D eigenvalue weighted by Gasteiger charge is 2.25. The van der Waals surface area contributed by atoms with Crippen molar-refractivity contribution in [2.24, 2.45) is 0 Å². The second-order valence-corrected chi connectivity index (χ2v) is 5.86. The Bertz CT molecular complexity index is 839. The summed E-state index contributed by atoms with van der Waals surface area (Å²) in [7, 11) is 0. The molecule has 2 rings (SSSR count). The van der Waals surface area contributed by atoms with Gasteiger partial charge < -0.3 is 10.1 Å². The molecule has 0 amide bonds. The van der Waals surface area contributed by atoms with E-state index in [0.717, 1.165) is 0 Å². The van der Waals surface area contributed by atoms with Gasteiger partial charge in [-0.2, -0.15) is 5.26 Å². The van der Waals surface area contributed by atoms with Crippen molar-refractivity contribution < 1.29 is 9.90 Å². The number of rotatable bonds is 2. The van der Waals surface area contributed by atoms with Gasteiger partial charge in [-0.1, -0.05) is 20.8 Å². The van der Waals surface area contributed by atoms with Crippen molar-refractivity contribution >= 4 is 5.97 Å². The largest absolute Gasteiger partial charge is 0.478 e. The monoisotopic (exact) mass is 297 g/mol. The average Bonchev–Trinajstić information content (AvgIpc) is 2.45. The summed E-state index contributed by atoms with van der Waals surface area (Å²) in [4.78, 5) is 30.3. The van der Waals surface area contributed by atoms with E-state index < -0.39 is 16.9 Å². The molecular weight excluding hydrogens is 282 g/mol. The number of hydrogen-bond donors (Lipinski definition) is 2. The highest BCUT2D eigenvalue weighted by Crippen LogP contribution is 2.28. The molecule has 0 aliphatic heterocycles. The minimum Gasteiger partial charge on any atom is -0.478 e. The fourth-order valence-electron chi connectivity index (χ4n) is 2.01. The van der Waals surface area contributed by atoms with Gasteiger partial charge in [-0.3, -0.25) is 9.78 Å². The fourth-order valence-corrected chi connectivity index (χ4v) is 2.01. The zero-order valence-corrected chi connectivity index (χ0v) is 12.5. The van der Waals surface area contributed by atoms with Crippen LogP contribution in [0, 0.1) is 11.3 Å². The molecule has 0 spiro atoms. The third-order valence-corrected chi connectivity index (χ3v) is 3.20. The van der Waals surface area contributed by atoms with Crippen LogP contribution >= 0.6 is 0 Å². The van der Waals surface area contributed by atoms with Crippen molar-refractivity contribution in [1.82, 2.24) is 9.97 Å². The number of carbonyl (C=O) groups is 1. The first-order valence-electron chi connectivity index (χ1n) is 6.62. The van der Waals surface area contributed by atoms with Crippen molar-refractivity contribution in [3.8, 4) is 17.3 Å². The number of aromatic amines is 1. The second-order valence-electron chi connectivity index (χ2n) is 5.86. The van der Waals surface area contributed by atoms with Crippen molar-refractivity contribution in [2.75, 3.05) is 0 Å². The number of aromatic carboxylic acids is 1. The van der Waals surface area contributed by atoms with Gasteiger partial charge in [-0.15, -0.1) is 0 Å². The highest BCUT2D eigenvalue weighted by atomic mass is 16.4. The van der Waals surface area contributed by atoms with Gasteiger partial charge in [0.25, 0.3) is 5.56 Å². The Morgan fingerprint density at radius 1 is 1.41 bits per heavy atom. The Balaban J connectivity index is 2.91. The van der Waals surface area contributed by atoms with Gasteiger partial charge in [-0.05, 0) is 18.2 Å². The highest BCUT2D eigenvalue weighted by molar-refractivity contribution is 5.93. The SMILES string of the molecule is CC(C)(C)c1cc(C(=O)O)c(C#N)c(-c2ccc[nH]c2=O)n1. The summed E-state index contributed by atoms with van der Waals surface area (Å²) < 4.78 is 0. The standard InChI is InChI=1S/C16H15N3O3/c1-16(2,3)12-7-10(15(21)22)11(8-17)13(19-12)9-5-4-6-18-14(9)20/h4-7H,1-3H3,(H,18,20)(H,21,22). The predicted molar refractivity (Wildman–Crippen MR) is 80.7 cm³/mol. The fraction of sp³-hybridized carbons (Fsp3) is 0.250. The number of H-pyrrole nitrogens is 1. The second kappa shape index (κ2) is 5.45. The van der Waals surface area contributed by atoms with Gasteiger partial charge in [0.05, 0.1) is 22.4 Å². The van der Waals surface area contributed by atoms with Crippen LogP contribution in [-0.4, -0.2) is 21.0 Å². The Morgan fingerprint density at radius 3 is 2.59 bits per heavy atom. The van der Waals surface area contributed by atoms with E-state index in [4.69, 9.17) is 0 Å². The number of carboxylic acids is 1. The average molecular weight is 297 g/mol. The van der Waals surface area contributed by atoms with Crippen molar-refractivity contribution in [3.63, 3.8) is 0 Å². The summed E-state index contributed by atoms with van der Waals surface area (Å²) in [5.41, 5.74) is -0.343. The molecule has 0 atom stereocenters. The van der Waals surface area contributed by atoms with Crippen LogP contribution < -0.4 is 5.56 Å². The van der Waals surface area contributed by atoms with Gasteiger partial charge in [0.1, 0.15) is 6.07 Å². The van der Waals surface area contributed by atoms with Crippen molar-refractivity contribution in [3.05, 3.63) is 51.6 Å². The summed E-state index contributed by atoms with van der Waals surface area (Å²) in [6.07, 6.45) is 1.46. The first kappa shape index (κ1) is 15.4. The third kappa shape index (κ3) is 2.74. The van der Waals surface area contributed by atoms with E-state index in [9.17, 15) is 20.0 Å². The predicted octanol–water partition coefficient (Wildman–Crippen LogP) is 2.30. The number of nitrogens with zero attached hydrogens (tertiary/aromatic N) is 2. The van der Waals surface area contributed by atoms with Crippen LogP contribution in [-0.2, 0) is 5.41 Å². The lowest BCUT2D eigenvalue weighted by atomic mass is 9.89. The van der Waals surface area contributed by atoms with Crippen LogP contribution in [0.5, 0.6) is 0 Å². The first-order chi connectivity index (χ1) is 10.3. The van der Waals surface area contributed by atoms with E-state index in [1.165, 1.54) is 18.3 Å². The summed E-state index contributed by atoms with van der Waals surface area (Å²) in [5, 5.41) is 18.7.